The lowest BCUT2D eigenvalue weighted by Gasteiger charge is -2.05. The van der Waals surface area contributed by atoms with Crippen molar-refractivity contribution in [1.29, 1.82) is 0 Å². The highest BCUT2D eigenvalue weighted by molar-refractivity contribution is 6.14. The minimum Gasteiger partial charge on any atom is -0.452 e. The van der Waals surface area contributed by atoms with Gasteiger partial charge in [-0.1, -0.05) is 12.1 Å². The summed E-state index contributed by atoms with van der Waals surface area (Å²) in [6.45, 7) is 0. The van der Waals surface area contributed by atoms with E-state index in [0.29, 0.717) is 11.1 Å². The fraction of sp³-hybridized carbons (Fsp3) is 0. The van der Waals surface area contributed by atoms with Crippen LogP contribution in [0.5, 0.6) is 11.5 Å². The molecule has 0 spiro atoms. The SMILES string of the molecule is O=C(Oc1ccc2c(c1)O/C(=C\c1ccc(F)cc1)C2=O)c1ccc(F)cc1. The molecule has 0 saturated heterocycles. The highest BCUT2D eigenvalue weighted by atomic mass is 19.1. The topological polar surface area (TPSA) is 52.6 Å². The normalized spacial score (nSPS) is 13.9. The summed E-state index contributed by atoms with van der Waals surface area (Å²) in [4.78, 5) is 24.6. The number of allylic oxidation sites excluding steroid dienone is 1. The lowest BCUT2D eigenvalue weighted by atomic mass is 10.1. The first-order valence-electron chi connectivity index (χ1n) is 8.31. The molecule has 4 rings (SSSR count). The molecule has 3 aromatic rings. The molecule has 0 atom stereocenters. The third-order valence-corrected chi connectivity index (χ3v) is 4.10. The second-order valence-electron chi connectivity index (χ2n) is 6.05. The van der Waals surface area contributed by atoms with Crippen LogP contribution in [0.4, 0.5) is 8.78 Å². The number of hydrogen-bond donors (Lipinski definition) is 0. The molecule has 0 bridgehead atoms. The number of fused-ring (bicyclic) bond motifs is 1. The van der Waals surface area contributed by atoms with Crippen molar-refractivity contribution in [1.82, 2.24) is 0 Å². The van der Waals surface area contributed by atoms with Gasteiger partial charge in [-0.25, -0.2) is 13.6 Å². The molecule has 138 valence electrons. The number of esters is 1. The van der Waals surface area contributed by atoms with E-state index < -0.39 is 11.8 Å². The Labute approximate surface area is 158 Å². The van der Waals surface area contributed by atoms with E-state index in [9.17, 15) is 18.4 Å². The van der Waals surface area contributed by atoms with Crippen molar-refractivity contribution in [3.63, 3.8) is 0 Å². The van der Waals surface area contributed by atoms with Crippen LogP contribution >= 0.6 is 0 Å². The lowest BCUT2D eigenvalue weighted by Crippen LogP contribution is -2.08. The Morgan fingerprint density at radius 2 is 1.54 bits per heavy atom. The second kappa shape index (κ2) is 7.08. The predicted molar refractivity (Wildman–Crippen MR) is 97.1 cm³/mol. The Balaban J connectivity index is 1.54. The third kappa shape index (κ3) is 3.53. The number of Topliss-reactive ketones (excluding diaryl/α,β-unsaturated/α-hetero) is 1. The summed E-state index contributed by atoms with van der Waals surface area (Å²) in [6.07, 6.45) is 1.51. The first kappa shape index (κ1) is 17.6. The van der Waals surface area contributed by atoms with Gasteiger partial charge in [0.1, 0.15) is 23.1 Å². The molecule has 0 unspecified atom stereocenters. The van der Waals surface area contributed by atoms with Crippen LogP contribution in [-0.4, -0.2) is 11.8 Å². The zero-order valence-electron chi connectivity index (χ0n) is 14.3. The second-order valence-corrected chi connectivity index (χ2v) is 6.05. The van der Waals surface area contributed by atoms with Crippen LogP contribution in [0.1, 0.15) is 26.3 Å². The fourth-order valence-electron chi connectivity index (χ4n) is 2.69. The third-order valence-electron chi connectivity index (χ3n) is 4.10. The smallest absolute Gasteiger partial charge is 0.343 e. The lowest BCUT2D eigenvalue weighted by molar-refractivity contribution is 0.0734. The van der Waals surface area contributed by atoms with E-state index in [-0.39, 0.29) is 34.4 Å². The largest absolute Gasteiger partial charge is 0.452 e. The first-order chi connectivity index (χ1) is 13.5. The number of carbonyl (C=O) groups excluding carboxylic acids is 2. The maximum Gasteiger partial charge on any atom is 0.343 e. The molecular weight excluding hydrogens is 366 g/mol. The molecule has 0 amide bonds. The molecular formula is C22H12F2O4. The van der Waals surface area contributed by atoms with Crippen molar-refractivity contribution in [3.8, 4) is 11.5 Å². The molecule has 0 saturated carbocycles. The van der Waals surface area contributed by atoms with Gasteiger partial charge in [-0.15, -0.1) is 0 Å². The van der Waals surface area contributed by atoms with Gasteiger partial charge in [-0.05, 0) is 60.2 Å². The minimum atomic E-state index is -0.661. The van der Waals surface area contributed by atoms with E-state index in [1.165, 1.54) is 60.7 Å². The Kier molecular flexibility index (Phi) is 4.45. The van der Waals surface area contributed by atoms with Crippen molar-refractivity contribution in [3.05, 3.63) is 101 Å². The van der Waals surface area contributed by atoms with Crippen molar-refractivity contribution in [2.75, 3.05) is 0 Å². The highest BCUT2D eigenvalue weighted by Gasteiger charge is 2.28. The van der Waals surface area contributed by atoms with Crippen molar-refractivity contribution >= 4 is 17.8 Å². The molecule has 0 aliphatic carbocycles. The van der Waals surface area contributed by atoms with Crippen molar-refractivity contribution < 1.29 is 27.8 Å². The summed E-state index contributed by atoms with van der Waals surface area (Å²) in [5, 5.41) is 0. The van der Waals surface area contributed by atoms with Crippen LogP contribution < -0.4 is 9.47 Å². The molecule has 0 fully saturated rings. The van der Waals surface area contributed by atoms with Gasteiger partial charge in [-0.3, -0.25) is 4.79 Å². The van der Waals surface area contributed by atoms with Crippen LogP contribution in [0.3, 0.4) is 0 Å². The maximum atomic E-state index is 13.0. The first-order valence-corrected chi connectivity index (χ1v) is 8.31. The quantitative estimate of drug-likeness (QED) is 0.373. The summed E-state index contributed by atoms with van der Waals surface area (Å²) in [5.74, 6) is -1.30. The van der Waals surface area contributed by atoms with E-state index in [2.05, 4.69) is 0 Å². The van der Waals surface area contributed by atoms with Gasteiger partial charge in [0, 0.05) is 6.07 Å². The Morgan fingerprint density at radius 3 is 2.21 bits per heavy atom. The van der Waals surface area contributed by atoms with E-state index in [1.54, 1.807) is 0 Å². The molecule has 3 aromatic carbocycles. The average molecular weight is 378 g/mol. The number of carbonyl (C=O) groups is 2. The molecule has 28 heavy (non-hydrogen) atoms. The predicted octanol–water partition coefficient (Wildman–Crippen LogP) is 4.80. The average Bonchev–Trinajstić information content (AvgIpc) is 2.99. The summed E-state index contributed by atoms with van der Waals surface area (Å²) < 4.78 is 36.8. The summed E-state index contributed by atoms with van der Waals surface area (Å²) in [5.41, 5.74) is 1.13. The van der Waals surface area contributed by atoms with Gasteiger partial charge < -0.3 is 9.47 Å². The van der Waals surface area contributed by atoms with Crippen LogP contribution in [-0.2, 0) is 0 Å². The molecule has 0 aromatic heterocycles. The van der Waals surface area contributed by atoms with Crippen LogP contribution in [0, 0.1) is 11.6 Å². The van der Waals surface area contributed by atoms with Crippen LogP contribution in [0.2, 0.25) is 0 Å². The number of hydrogen-bond acceptors (Lipinski definition) is 4. The molecule has 1 heterocycles. The monoisotopic (exact) mass is 378 g/mol. The van der Waals surface area contributed by atoms with E-state index in [0.717, 1.165) is 12.1 Å². The number of benzene rings is 3. The zero-order valence-corrected chi connectivity index (χ0v) is 14.3. The zero-order chi connectivity index (χ0) is 19.7. The van der Waals surface area contributed by atoms with Crippen molar-refractivity contribution in [2.45, 2.75) is 0 Å². The van der Waals surface area contributed by atoms with Gasteiger partial charge in [0.25, 0.3) is 0 Å². The Morgan fingerprint density at radius 1 is 0.893 bits per heavy atom. The van der Waals surface area contributed by atoms with E-state index >= 15 is 0 Å². The summed E-state index contributed by atoms with van der Waals surface area (Å²) in [6, 6.07) is 15.0. The molecule has 0 N–H and O–H groups in total. The summed E-state index contributed by atoms with van der Waals surface area (Å²) in [7, 11) is 0. The summed E-state index contributed by atoms with van der Waals surface area (Å²) >= 11 is 0. The molecule has 0 radical (unpaired) electrons. The number of halogens is 2. The van der Waals surface area contributed by atoms with E-state index in [1.807, 2.05) is 0 Å². The van der Waals surface area contributed by atoms with Crippen LogP contribution in [0.15, 0.2) is 72.5 Å². The molecule has 6 heteroatoms. The Bertz CT molecular complexity index is 1100. The van der Waals surface area contributed by atoms with Crippen molar-refractivity contribution in [2.24, 2.45) is 0 Å². The Hall–Kier alpha value is -3.80. The number of rotatable bonds is 3. The number of ketones is 1. The molecule has 4 nitrogen and oxygen atoms in total. The fourth-order valence-corrected chi connectivity index (χ4v) is 2.69. The van der Waals surface area contributed by atoms with E-state index in [4.69, 9.17) is 9.47 Å². The standard InChI is InChI=1S/C22H12F2O4/c23-15-5-1-13(2-6-15)11-20-21(25)18-10-9-17(12-19(18)28-20)27-22(26)14-3-7-16(24)8-4-14/h1-12H/b20-11-. The number of ether oxygens (including phenoxy) is 2. The van der Waals surface area contributed by atoms with Gasteiger partial charge in [0.2, 0.25) is 5.78 Å². The van der Waals surface area contributed by atoms with Crippen LogP contribution in [0.25, 0.3) is 6.08 Å². The van der Waals surface area contributed by atoms with Gasteiger partial charge in [0.05, 0.1) is 11.1 Å². The van der Waals surface area contributed by atoms with Gasteiger partial charge >= 0.3 is 5.97 Å². The van der Waals surface area contributed by atoms with Gasteiger partial charge in [-0.2, -0.15) is 0 Å². The molecule has 1 aliphatic rings. The highest BCUT2D eigenvalue weighted by Crippen LogP contribution is 2.35. The van der Waals surface area contributed by atoms with Gasteiger partial charge in [0.15, 0.2) is 5.76 Å². The maximum absolute atomic E-state index is 13.0. The minimum absolute atomic E-state index is 0.0867. The molecule has 1 aliphatic heterocycles.